The lowest BCUT2D eigenvalue weighted by atomic mass is 10.3. The first-order valence-electron chi connectivity index (χ1n) is 5.01. The Morgan fingerprint density at radius 3 is 2.78 bits per heavy atom. The van der Waals surface area contributed by atoms with Gasteiger partial charge in [-0.1, -0.05) is 0 Å². The van der Waals surface area contributed by atoms with Gasteiger partial charge in [-0.3, -0.25) is 14.9 Å². The molecule has 0 fully saturated rings. The summed E-state index contributed by atoms with van der Waals surface area (Å²) in [6, 6.07) is 4.09. The van der Waals surface area contributed by atoms with Crippen molar-refractivity contribution in [1.29, 1.82) is 5.26 Å². The molecule has 8 heteroatoms. The third-order valence-corrected chi connectivity index (χ3v) is 2.19. The van der Waals surface area contributed by atoms with Crippen LogP contribution in [0, 0.1) is 21.4 Å². The lowest BCUT2D eigenvalue weighted by Gasteiger charge is -2.19. The topological polar surface area (TPSA) is 120 Å². The summed E-state index contributed by atoms with van der Waals surface area (Å²) in [5, 5.41) is 28.1. The number of carboxylic acids is 1. The molecule has 0 saturated heterocycles. The second kappa shape index (κ2) is 5.58. The first-order chi connectivity index (χ1) is 8.49. The van der Waals surface area contributed by atoms with E-state index in [2.05, 4.69) is 4.98 Å². The van der Waals surface area contributed by atoms with Gasteiger partial charge in [0, 0.05) is 12.6 Å². The number of aromatic nitrogens is 1. The molecule has 0 bridgehead atoms. The minimum absolute atomic E-state index is 0.224. The van der Waals surface area contributed by atoms with E-state index < -0.39 is 16.6 Å². The molecule has 0 unspecified atom stereocenters. The van der Waals surface area contributed by atoms with Gasteiger partial charge in [0.05, 0.1) is 4.92 Å². The summed E-state index contributed by atoms with van der Waals surface area (Å²) in [6.07, 6.45) is 0. The van der Waals surface area contributed by atoms with Crippen LogP contribution in [-0.4, -0.2) is 34.1 Å². The third kappa shape index (κ3) is 2.91. The minimum atomic E-state index is -1.05. The Morgan fingerprint density at radius 1 is 1.67 bits per heavy atom. The molecule has 18 heavy (non-hydrogen) atoms. The SMILES string of the molecule is CCN(CC(=O)O)c1ccc([N+](=O)[O-])c(C#N)n1. The average Bonchev–Trinajstić information content (AvgIpc) is 2.34. The fraction of sp³-hybridized carbons (Fsp3) is 0.300. The van der Waals surface area contributed by atoms with Crippen molar-refractivity contribution in [3.8, 4) is 6.07 Å². The van der Waals surface area contributed by atoms with Crippen LogP contribution >= 0.6 is 0 Å². The first-order valence-corrected chi connectivity index (χ1v) is 5.01. The number of aliphatic carboxylic acids is 1. The van der Waals surface area contributed by atoms with Crippen molar-refractivity contribution in [2.45, 2.75) is 6.92 Å². The number of hydrogen-bond acceptors (Lipinski definition) is 6. The van der Waals surface area contributed by atoms with Crippen LogP contribution in [0.25, 0.3) is 0 Å². The predicted octanol–water partition coefficient (Wildman–Crippen LogP) is 0.772. The number of rotatable bonds is 5. The normalized spacial score (nSPS) is 9.56. The van der Waals surface area contributed by atoms with Crippen LogP contribution in [0.5, 0.6) is 0 Å². The van der Waals surface area contributed by atoms with Crippen LogP contribution in [0.4, 0.5) is 11.5 Å². The van der Waals surface area contributed by atoms with E-state index in [9.17, 15) is 14.9 Å². The Labute approximate surface area is 102 Å². The molecule has 0 saturated carbocycles. The van der Waals surface area contributed by atoms with Crippen molar-refractivity contribution in [2.24, 2.45) is 0 Å². The number of nitrogens with zero attached hydrogens (tertiary/aromatic N) is 4. The standard InChI is InChI=1S/C10H10N4O4/c1-2-13(6-10(15)16)9-4-3-8(14(17)18)7(5-11)12-9/h3-4H,2,6H2,1H3,(H,15,16). The number of carbonyl (C=O) groups is 1. The Hall–Kier alpha value is -2.69. The fourth-order valence-corrected chi connectivity index (χ4v) is 1.37. The van der Waals surface area contributed by atoms with Crippen LogP contribution in [0.1, 0.15) is 12.6 Å². The lowest BCUT2D eigenvalue weighted by molar-refractivity contribution is -0.385. The van der Waals surface area contributed by atoms with Crippen molar-refractivity contribution >= 4 is 17.5 Å². The smallest absolute Gasteiger partial charge is 0.323 e. The zero-order chi connectivity index (χ0) is 13.7. The molecule has 0 atom stereocenters. The van der Waals surface area contributed by atoms with Crippen LogP contribution in [0.15, 0.2) is 12.1 Å². The Bertz CT molecular complexity index is 523. The van der Waals surface area contributed by atoms with E-state index in [0.717, 1.165) is 6.07 Å². The molecule has 0 radical (unpaired) electrons. The maximum atomic E-state index is 10.6. The molecule has 0 spiro atoms. The number of pyridine rings is 1. The molecule has 1 aromatic heterocycles. The molecule has 1 heterocycles. The highest BCUT2D eigenvalue weighted by Gasteiger charge is 2.18. The summed E-state index contributed by atoms with van der Waals surface area (Å²) in [7, 11) is 0. The van der Waals surface area contributed by atoms with E-state index in [1.54, 1.807) is 13.0 Å². The molecule has 1 rings (SSSR count). The highest BCUT2D eigenvalue weighted by atomic mass is 16.6. The molecule has 0 aliphatic heterocycles. The third-order valence-electron chi connectivity index (χ3n) is 2.19. The Kier molecular flexibility index (Phi) is 4.15. The van der Waals surface area contributed by atoms with Crippen molar-refractivity contribution < 1.29 is 14.8 Å². The van der Waals surface area contributed by atoms with E-state index in [4.69, 9.17) is 10.4 Å². The molecular weight excluding hydrogens is 240 g/mol. The number of nitriles is 1. The Balaban J connectivity index is 3.15. The number of anilines is 1. The Morgan fingerprint density at radius 2 is 2.33 bits per heavy atom. The molecule has 94 valence electrons. The number of nitro groups is 1. The van der Waals surface area contributed by atoms with Gasteiger partial charge in [-0.05, 0) is 13.0 Å². The second-order valence-electron chi connectivity index (χ2n) is 3.31. The van der Waals surface area contributed by atoms with E-state index in [1.807, 2.05) is 0 Å². The second-order valence-corrected chi connectivity index (χ2v) is 3.31. The molecule has 0 amide bonds. The lowest BCUT2D eigenvalue weighted by Crippen LogP contribution is -2.30. The van der Waals surface area contributed by atoms with E-state index in [1.165, 1.54) is 11.0 Å². The molecule has 1 aromatic rings. The predicted molar refractivity (Wildman–Crippen MR) is 61.1 cm³/mol. The van der Waals surface area contributed by atoms with Gasteiger partial charge < -0.3 is 10.0 Å². The van der Waals surface area contributed by atoms with Gasteiger partial charge in [0.1, 0.15) is 18.4 Å². The highest BCUT2D eigenvalue weighted by molar-refractivity contribution is 5.73. The van der Waals surface area contributed by atoms with Gasteiger partial charge in [0.2, 0.25) is 5.69 Å². The van der Waals surface area contributed by atoms with Gasteiger partial charge in [-0.2, -0.15) is 5.26 Å². The zero-order valence-corrected chi connectivity index (χ0v) is 9.53. The summed E-state index contributed by atoms with van der Waals surface area (Å²) in [5.41, 5.74) is -0.728. The fourth-order valence-electron chi connectivity index (χ4n) is 1.37. The molecule has 0 aromatic carbocycles. The summed E-state index contributed by atoms with van der Waals surface area (Å²) < 4.78 is 0. The highest BCUT2D eigenvalue weighted by Crippen LogP contribution is 2.20. The van der Waals surface area contributed by atoms with Crippen LogP contribution < -0.4 is 4.90 Å². The molecular formula is C10H10N4O4. The number of hydrogen-bond donors (Lipinski definition) is 1. The summed E-state index contributed by atoms with van der Waals surface area (Å²) in [4.78, 5) is 25.7. The quantitative estimate of drug-likeness (QED) is 0.605. The maximum Gasteiger partial charge on any atom is 0.323 e. The van der Waals surface area contributed by atoms with Crippen LogP contribution in [-0.2, 0) is 4.79 Å². The largest absolute Gasteiger partial charge is 0.480 e. The average molecular weight is 250 g/mol. The zero-order valence-electron chi connectivity index (χ0n) is 9.53. The first kappa shape index (κ1) is 13.4. The summed E-state index contributed by atoms with van der Waals surface area (Å²) in [5.74, 6) is -0.822. The van der Waals surface area contributed by atoms with Crippen molar-refractivity contribution in [3.05, 3.63) is 27.9 Å². The molecule has 8 nitrogen and oxygen atoms in total. The summed E-state index contributed by atoms with van der Waals surface area (Å²) in [6.45, 7) is 1.80. The van der Waals surface area contributed by atoms with Gasteiger partial charge >= 0.3 is 11.7 Å². The van der Waals surface area contributed by atoms with Gasteiger partial charge in [-0.25, -0.2) is 4.98 Å². The van der Waals surface area contributed by atoms with Gasteiger partial charge in [-0.15, -0.1) is 0 Å². The summed E-state index contributed by atoms with van der Waals surface area (Å²) >= 11 is 0. The van der Waals surface area contributed by atoms with Gasteiger partial charge in [0.25, 0.3) is 0 Å². The van der Waals surface area contributed by atoms with Crippen molar-refractivity contribution in [3.63, 3.8) is 0 Å². The molecule has 1 N–H and O–H groups in total. The van der Waals surface area contributed by atoms with E-state index >= 15 is 0 Å². The van der Waals surface area contributed by atoms with E-state index in [-0.39, 0.29) is 18.1 Å². The monoisotopic (exact) mass is 250 g/mol. The van der Waals surface area contributed by atoms with Crippen molar-refractivity contribution in [2.75, 3.05) is 18.0 Å². The number of carboxylic acid groups (broad SMARTS) is 1. The molecule has 0 aliphatic carbocycles. The molecule has 0 aliphatic rings. The number of likely N-dealkylation sites (N-methyl/N-ethyl adjacent to an activating group) is 1. The van der Waals surface area contributed by atoms with Gasteiger partial charge in [0.15, 0.2) is 0 Å². The van der Waals surface area contributed by atoms with E-state index in [0.29, 0.717) is 6.54 Å². The van der Waals surface area contributed by atoms with Crippen LogP contribution in [0.2, 0.25) is 0 Å². The van der Waals surface area contributed by atoms with Crippen LogP contribution in [0.3, 0.4) is 0 Å². The van der Waals surface area contributed by atoms with Crippen molar-refractivity contribution in [1.82, 2.24) is 4.98 Å². The maximum absolute atomic E-state index is 10.6. The minimum Gasteiger partial charge on any atom is -0.480 e.